The smallest absolute Gasteiger partial charge is 0.325 e. The van der Waals surface area contributed by atoms with Crippen LogP contribution in [0.2, 0.25) is 0 Å². The summed E-state index contributed by atoms with van der Waals surface area (Å²) in [6, 6.07) is 8.35. The molecule has 1 atom stereocenters. The molecule has 3 heterocycles. The normalized spacial score (nSPS) is 17.0. The van der Waals surface area contributed by atoms with Gasteiger partial charge in [0.1, 0.15) is 29.2 Å². The molecule has 2 aromatic rings. The number of amides is 1. The van der Waals surface area contributed by atoms with Crippen molar-refractivity contribution in [3.05, 3.63) is 41.5 Å². The molecular formula is C27H36N4O5. The molecule has 9 nitrogen and oxygen atoms in total. The molecule has 36 heavy (non-hydrogen) atoms. The third-order valence-electron chi connectivity index (χ3n) is 7.08. The highest BCUT2D eigenvalue weighted by atomic mass is 16.5. The number of piperidine rings is 1. The Morgan fingerprint density at radius 1 is 1.19 bits per heavy atom. The number of carbonyl (C=O) groups is 2. The molecule has 4 rings (SSSR count). The first-order valence-electron chi connectivity index (χ1n) is 12.7. The quantitative estimate of drug-likeness (QED) is 0.541. The van der Waals surface area contributed by atoms with Gasteiger partial charge < -0.3 is 19.9 Å². The summed E-state index contributed by atoms with van der Waals surface area (Å²) < 4.78 is 10.7. The standard InChI is InChI=1S/C27H36N4O5/c1-4-14-31(23-10-7-18-6-5-13-28-25(18)29-23)26(32)19-11-15-30(16-12-19)24(27(33)34)21-9-8-20(35-2)17-22(21)36-3/h7-10,17,19,24H,4-6,11-16H2,1-3H3,(H,28,29)(H,33,34). The van der Waals surface area contributed by atoms with Crippen molar-refractivity contribution in [2.24, 2.45) is 5.92 Å². The summed E-state index contributed by atoms with van der Waals surface area (Å²) in [4.78, 5) is 34.4. The summed E-state index contributed by atoms with van der Waals surface area (Å²) in [6.45, 7) is 4.56. The van der Waals surface area contributed by atoms with Crippen LogP contribution in [0.4, 0.5) is 11.6 Å². The number of nitrogens with zero attached hydrogens (tertiary/aromatic N) is 3. The zero-order valence-electron chi connectivity index (χ0n) is 21.3. The number of aromatic nitrogens is 1. The van der Waals surface area contributed by atoms with Crippen molar-refractivity contribution in [2.45, 2.75) is 45.1 Å². The fourth-order valence-corrected chi connectivity index (χ4v) is 5.18. The molecule has 0 aliphatic carbocycles. The maximum Gasteiger partial charge on any atom is 0.325 e. The van der Waals surface area contributed by atoms with E-state index in [0.29, 0.717) is 55.4 Å². The largest absolute Gasteiger partial charge is 0.497 e. The minimum atomic E-state index is -0.943. The van der Waals surface area contributed by atoms with Gasteiger partial charge in [0.25, 0.3) is 0 Å². The number of likely N-dealkylation sites (tertiary alicyclic amines) is 1. The van der Waals surface area contributed by atoms with Crippen LogP contribution in [0.15, 0.2) is 30.3 Å². The Hall–Kier alpha value is -3.33. The van der Waals surface area contributed by atoms with E-state index in [2.05, 4.69) is 18.3 Å². The third-order valence-corrected chi connectivity index (χ3v) is 7.08. The Labute approximate surface area is 212 Å². The van der Waals surface area contributed by atoms with Crippen molar-refractivity contribution in [3.8, 4) is 11.5 Å². The van der Waals surface area contributed by atoms with Gasteiger partial charge in [0.05, 0.1) is 14.2 Å². The highest BCUT2D eigenvalue weighted by Gasteiger charge is 2.36. The number of rotatable bonds is 9. The Bertz CT molecular complexity index is 1080. The number of carbonyl (C=O) groups excluding carboxylic acids is 1. The number of aliphatic carboxylic acids is 1. The van der Waals surface area contributed by atoms with Gasteiger partial charge in [-0.1, -0.05) is 13.0 Å². The molecule has 194 valence electrons. The number of aryl methyl sites for hydroxylation is 1. The SMILES string of the molecule is CCCN(C(=O)C1CCN(C(C(=O)O)c2ccc(OC)cc2OC)CC1)c1ccc2c(n1)NCCC2. The number of methoxy groups -OCH3 is 2. The predicted molar refractivity (Wildman–Crippen MR) is 138 cm³/mol. The number of fused-ring (bicyclic) bond motifs is 1. The summed E-state index contributed by atoms with van der Waals surface area (Å²) in [7, 11) is 3.08. The molecule has 1 aromatic heterocycles. The van der Waals surface area contributed by atoms with Gasteiger partial charge >= 0.3 is 5.97 Å². The number of hydrogen-bond donors (Lipinski definition) is 2. The predicted octanol–water partition coefficient (Wildman–Crippen LogP) is 3.74. The Kier molecular flexibility index (Phi) is 8.30. The summed E-state index contributed by atoms with van der Waals surface area (Å²) in [6.07, 6.45) is 4.09. The second kappa shape index (κ2) is 11.6. The van der Waals surface area contributed by atoms with E-state index in [1.165, 1.54) is 12.7 Å². The van der Waals surface area contributed by atoms with Crippen molar-refractivity contribution in [2.75, 3.05) is 50.6 Å². The summed E-state index contributed by atoms with van der Waals surface area (Å²) in [5.74, 6) is 1.58. The molecule has 1 unspecified atom stereocenters. The van der Waals surface area contributed by atoms with E-state index >= 15 is 0 Å². The van der Waals surface area contributed by atoms with Crippen LogP contribution < -0.4 is 19.7 Å². The Morgan fingerprint density at radius 2 is 1.97 bits per heavy atom. The van der Waals surface area contributed by atoms with Crippen LogP contribution in [0.5, 0.6) is 11.5 Å². The lowest BCUT2D eigenvalue weighted by atomic mass is 9.92. The number of benzene rings is 1. The molecule has 1 fully saturated rings. The van der Waals surface area contributed by atoms with Gasteiger partial charge in [0.15, 0.2) is 0 Å². The second-order valence-corrected chi connectivity index (χ2v) is 9.36. The zero-order chi connectivity index (χ0) is 25.7. The lowest BCUT2D eigenvalue weighted by Gasteiger charge is -2.37. The van der Waals surface area contributed by atoms with Crippen LogP contribution in [0.25, 0.3) is 0 Å². The van der Waals surface area contributed by atoms with E-state index in [4.69, 9.17) is 14.5 Å². The van der Waals surface area contributed by atoms with Crippen LogP contribution in [0, 0.1) is 5.92 Å². The average molecular weight is 497 g/mol. The molecular weight excluding hydrogens is 460 g/mol. The molecule has 0 radical (unpaired) electrons. The van der Waals surface area contributed by atoms with Gasteiger partial charge in [-0.3, -0.25) is 19.4 Å². The van der Waals surface area contributed by atoms with Crippen molar-refractivity contribution in [1.29, 1.82) is 0 Å². The fourth-order valence-electron chi connectivity index (χ4n) is 5.18. The number of anilines is 2. The fraction of sp³-hybridized carbons (Fsp3) is 0.519. The zero-order valence-corrected chi connectivity index (χ0v) is 21.3. The molecule has 2 aliphatic rings. The van der Waals surface area contributed by atoms with Gasteiger partial charge in [-0.05, 0) is 55.9 Å². The number of ether oxygens (including phenoxy) is 2. The molecule has 1 amide bonds. The molecule has 1 saturated heterocycles. The Balaban J connectivity index is 1.48. The second-order valence-electron chi connectivity index (χ2n) is 9.36. The third kappa shape index (κ3) is 5.41. The minimum absolute atomic E-state index is 0.0636. The number of carboxylic acids is 1. The summed E-state index contributed by atoms with van der Waals surface area (Å²) >= 11 is 0. The van der Waals surface area contributed by atoms with Crippen molar-refractivity contribution in [1.82, 2.24) is 9.88 Å². The van der Waals surface area contributed by atoms with Crippen LogP contribution in [-0.2, 0) is 16.0 Å². The van der Waals surface area contributed by atoms with Gasteiger partial charge in [0, 0.05) is 43.7 Å². The average Bonchev–Trinajstić information content (AvgIpc) is 2.91. The maximum atomic E-state index is 13.6. The van der Waals surface area contributed by atoms with E-state index < -0.39 is 12.0 Å². The van der Waals surface area contributed by atoms with Crippen LogP contribution >= 0.6 is 0 Å². The van der Waals surface area contributed by atoms with Gasteiger partial charge in [-0.2, -0.15) is 0 Å². The topological polar surface area (TPSA) is 104 Å². The van der Waals surface area contributed by atoms with Crippen LogP contribution in [0.1, 0.15) is 49.8 Å². The van der Waals surface area contributed by atoms with Crippen molar-refractivity contribution < 1.29 is 24.2 Å². The minimum Gasteiger partial charge on any atom is -0.497 e. The number of pyridine rings is 1. The van der Waals surface area contributed by atoms with Crippen LogP contribution in [-0.4, -0.2) is 67.3 Å². The highest BCUT2D eigenvalue weighted by Crippen LogP contribution is 2.35. The van der Waals surface area contributed by atoms with E-state index in [1.54, 1.807) is 30.2 Å². The lowest BCUT2D eigenvalue weighted by Crippen LogP contribution is -2.45. The van der Waals surface area contributed by atoms with E-state index in [1.807, 2.05) is 11.0 Å². The number of nitrogens with one attached hydrogen (secondary N) is 1. The number of hydrogen-bond acceptors (Lipinski definition) is 7. The lowest BCUT2D eigenvalue weighted by molar-refractivity contribution is -0.144. The van der Waals surface area contributed by atoms with E-state index in [9.17, 15) is 14.7 Å². The van der Waals surface area contributed by atoms with Crippen molar-refractivity contribution >= 4 is 23.5 Å². The summed E-state index contributed by atoms with van der Waals surface area (Å²) in [5, 5.41) is 13.4. The molecule has 2 aliphatic heterocycles. The molecule has 0 bridgehead atoms. The molecule has 0 saturated carbocycles. The Morgan fingerprint density at radius 3 is 2.64 bits per heavy atom. The van der Waals surface area contributed by atoms with Gasteiger partial charge in [-0.25, -0.2) is 4.98 Å². The number of carboxylic acid groups (broad SMARTS) is 1. The monoisotopic (exact) mass is 496 g/mol. The van der Waals surface area contributed by atoms with E-state index in [-0.39, 0.29) is 11.8 Å². The maximum absolute atomic E-state index is 13.6. The first-order valence-corrected chi connectivity index (χ1v) is 12.7. The first-order chi connectivity index (χ1) is 17.5. The highest BCUT2D eigenvalue weighted by molar-refractivity contribution is 5.94. The van der Waals surface area contributed by atoms with Crippen LogP contribution in [0.3, 0.4) is 0 Å². The van der Waals surface area contributed by atoms with Gasteiger partial charge in [-0.15, -0.1) is 0 Å². The molecule has 9 heteroatoms. The first kappa shape index (κ1) is 25.8. The molecule has 1 aromatic carbocycles. The summed E-state index contributed by atoms with van der Waals surface area (Å²) in [5.41, 5.74) is 1.77. The molecule has 0 spiro atoms. The van der Waals surface area contributed by atoms with Gasteiger partial charge in [0.2, 0.25) is 5.91 Å². The van der Waals surface area contributed by atoms with E-state index in [0.717, 1.165) is 31.6 Å². The van der Waals surface area contributed by atoms with Crippen molar-refractivity contribution in [3.63, 3.8) is 0 Å². The molecule has 2 N–H and O–H groups in total.